The number of aromatic nitrogens is 1. The first kappa shape index (κ1) is 12.8. The van der Waals surface area contributed by atoms with Crippen LogP contribution < -0.4 is 0 Å². The SMILES string of the molecule is FC=Cc1ccc(-n2c3ccccc3c3ccccc32)cc1. The maximum Gasteiger partial charge on any atom is 0.0872 e. The first-order chi connectivity index (χ1) is 10.9. The molecule has 1 aromatic heterocycles. The summed E-state index contributed by atoms with van der Waals surface area (Å²) in [6, 6.07) is 24.7. The minimum absolute atomic E-state index is 0.565. The number of benzene rings is 3. The number of nitrogens with zero attached hydrogens (tertiary/aromatic N) is 1. The van der Waals surface area contributed by atoms with Crippen molar-refractivity contribution in [3.8, 4) is 5.69 Å². The van der Waals surface area contributed by atoms with Gasteiger partial charge in [0.25, 0.3) is 0 Å². The van der Waals surface area contributed by atoms with Crippen molar-refractivity contribution in [3.63, 3.8) is 0 Å². The summed E-state index contributed by atoms with van der Waals surface area (Å²) in [7, 11) is 0. The molecule has 0 saturated heterocycles. The highest BCUT2D eigenvalue weighted by atomic mass is 19.1. The molecule has 0 aliphatic carbocycles. The highest BCUT2D eigenvalue weighted by Gasteiger charge is 2.10. The zero-order valence-electron chi connectivity index (χ0n) is 11.9. The standard InChI is InChI=1S/C20H14FN/c21-14-13-15-9-11-16(12-10-15)22-19-7-3-1-5-17(19)18-6-2-4-8-20(18)22/h1-14H. The van der Waals surface area contributed by atoms with Crippen molar-refractivity contribution in [1.82, 2.24) is 4.57 Å². The first-order valence-corrected chi connectivity index (χ1v) is 7.24. The van der Waals surface area contributed by atoms with Crippen LogP contribution in [0.1, 0.15) is 5.56 Å². The van der Waals surface area contributed by atoms with Gasteiger partial charge in [0.1, 0.15) is 0 Å². The second-order valence-corrected chi connectivity index (χ2v) is 5.25. The van der Waals surface area contributed by atoms with Crippen LogP contribution in [0.3, 0.4) is 0 Å². The van der Waals surface area contributed by atoms with E-state index in [1.54, 1.807) is 0 Å². The number of hydrogen-bond donors (Lipinski definition) is 0. The molecule has 0 amide bonds. The summed E-state index contributed by atoms with van der Waals surface area (Å²) >= 11 is 0. The fraction of sp³-hybridized carbons (Fsp3) is 0. The maximum absolute atomic E-state index is 12.3. The van der Waals surface area contributed by atoms with Gasteiger partial charge < -0.3 is 4.57 Å². The number of para-hydroxylation sites is 2. The molecule has 3 aromatic carbocycles. The lowest BCUT2D eigenvalue weighted by atomic mass is 10.2. The quantitative estimate of drug-likeness (QED) is 0.444. The summed E-state index contributed by atoms with van der Waals surface area (Å²) in [4.78, 5) is 0. The Morgan fingerprint density at radius 1 is 0.682 bits per heavy atom. The van der Waals surface area contributed by atoms with Gasteiger partial charge in [-0.15, -0.1) is 0 Å². The molecule has 0 fully saturated rings. The van der Waals surface area contributed by atoms with Gasteiger partial charge in [0.05, 0.1) is 17.4 Å². The van der Waals surface area contributed by atoms with Crippen molar-refractivity contribution in [1.29, 1.82) is 0 Å². The van der Waals surface area contributed by atoms with Gasteiger partial charge in [-0.05, 0) is 35.9 Å². The molecule has 4 rings (SSSR count). The van der Waals surface area contributed by atoms with E-state index in [1.165, 1.54) is 27.9 Å². The first-order valence-electron chi connectivity index (χ1n) is 7.24. The Balaban J connectivity index is 2.03. The second kappa shape index (κ2) is 5.15. The largest absolute Gasteiger partial charge is 0.309 e. The van der Waals surface area contributed by atoms with Crippen molar-refractivity contribution in [2.45, 2.75) is 0 Å². The topological polar surface area (TPSA) is 4.93 Å². The van der Waals surface area contributed by atoms with E-state index in [1.807, 2.05) is 24.3 Å². The molecule has 0 saturated carbocycles. The van der Waals surface area contributed by atoms with Crippen molar-refractivity contribution in [2.24, 2.45) is 0 Å². The van der Waals surface area contributed by atoms with Crippen LogP contribution in [0, 0.1) is 0 Å². The van der Waals surface area contributed by atoms with Gasteiger partial charge in [0, 0.05) is 16.5 Å². The molecule has 1 nitrogen and oxygen atoms in total. The van der Waals surface area contributed by atoms with Gasteiger partial charge in [-0.25, -0.2) is 4.39 Å². The molecule has 0 aliphatic rings. The van der Waals surface area contributed by atoms with E-state index < -0.39 is 0 Å². The van der Waals surface area contributed by atoms with Gasteiger partial charge in [-0.2, -0.15) is 0 Å². The van der Waals surface area contributed by atoms with Crippen molar-refractivity contribution >= 4 is 27.9 Å². The lowest BCUT2D eigenvalue weighted by Crippen LogP contribution is -1.93. The average molecular weight is 287 g/mol. The monoisotopic (exact) mass is 287 g/mol. The number of halogens is 1. The van der Waals surface area contributed by atoms with Crippen LogP contribution in [-0.2, 0) is 0 Å². The molecule has 0 bridgehead atoms. The Kier molecular flexibility index (Phi) is 3.01. The third-order valence-corrected chi connectivity index (χ3v) is 3.99. The fourth-order valence-corrected chi connectivity index (χ4v) is 3.01. The van der Waals surface area contributed by atoms with E-state index in [0.29, 0.717) is 6.33 Å². The Hall–Kier alpha value is -2.87. The van der Waals surface area contributed by atoms with E-state index in [4.69, 9.17) is 0 Å². The van der Waals surface area contributed by atoms with Gasteiger partial charge in [-0.3, -0.25) is 0 Å². The summed E-state index contributed by atoms with van der Waals surface area (Å²) in [5, 5.41) is 2.48. The molecule has 106 valence electrons. The Morgan fingerprint density at radius 3 is 1.77 bits per heavy atom. The van der Waals surface area contributed by atoms with Gasteiger partial charge in [-0.1, -0.05) is 48.5 Å². The number of fused-ring (bicyclic) bond motifs is 3. The van der Waals surface area contributed by atoms with Crippen LogP contribution in [0.25, 0.3) is 33.6 Å². The van der Waals surface area contributed by atoms with Crippen molar-refractivity contribution < 1.29 is 4.39 Å². The predicted octanol–water partition coefficient (Wildman–Crippen LogP) is 5.72. The Morgan fingerprint density at radius 2 is 1.23 bits per heavy atom. The molecule has 2 heteroatoms. The van der Waals surface area contributed by atoms with E-state index in [2.05, 4.69) is 53.1 Å². The van der Waals surface area contributed by atoms with Gasteiger partial charge in [0.15, 0.2) is 0 Å². The molecular weight excluding hydrogens is 273 g/mol. The predicted molar refractivity (Wildman–Crippen MR) is 90.9 cm³/mol. The Labute approximate surface area is 127 Å². The van der Waals surface area contributed by atoms with E-state index in [0.717, 1.165) is 11.3 Å². The maximum atomic E-state index is 12.3. The van der Waals surface area contributed by atoms with Crippen LogP contribution in [0.5, 0.6) is 0 Å². The molecule has 0 atom stereocenters. The smallest absolute Gasteiger partial charge is 0.0872 e. The van der Waals surface area contributed by atoms with E-state index in [-0.39, 0.29) is 0 Å². The van der Waals surface area contributed by atoms with E-state index in [9.17, 15) is 4.39 Å². The molecular formula is C20H14FN. The third-order valence-electron chi connectivity index (χ3n) is 3.99. The molecule has 0 unspecified atom stereocenters. The van der Waals surface area contributed by atoms with Crippen LogP contribution in [0.4, 0.5) is 4.39 Å². The summed E-state index contributed by atoms with van der Waals surface area (Å²) < 4.78 is 14.5. The molecule has 0 aliphatic heterocycles. The summed E-state index contributed by atoms with van der Waals surface area (Å²) in [5.41, 5.74) is 4.29. The average Bonchev–Trinajstić information content (AvgIpc) is 2.91. The van der Waals surface area contributed by atoms with E-state index >= 15 is 0 Å². The summed E-state index contributed by atoms with van der Waals surface area (Å²) in [5.74, 6) is 0. The minimum Gasteiger partial charge on any atom is -0.309 e. The van der Waals surface area contributed by atoms with Crippen LogP contribution >= 0.6 is 0 Å². The van der Waals surface area contributed by atoms with Gasteiger partial charge >= 0.3 is 0 Å². The van der Waals surface area contributed by atoms with Crippen molar-refractivity contribution in [2.75, 3.05) is 0 Å². The molecule has 0 spiro atoms. The van der Waals surface area contributed by atoms with Crippen LogP contribution in [0.15, 0.2) is 79.1 Å². The summed E-state index contributed by atoms with van der Waals surface area (Å²) in [6.07, 6.45) is 2.02. The molecule has 4 aromatic rings. The van der Waals surface area contributed by atoms with Crippen LogP contribution in [0.2, 0.25) is 0 Å². The minimum atomic E-state index is 0.565. The highest BCUT2D eigenvalue weighted by molar-refractivity contribution is 6.09. The molecule has 1 heterocycles. The second-order valence-electron chi connectivity index (χ2n) is 5.25. The lowest BCUT2D eigenvalue weighted by Gasteiger charge is -2.08. The summed E-state index contributed by atoms with van der Waals surface area (Å²) in [6.45, 7) is 0. The highest BCUT2D eigenvalue weighted by Crippen LogP contribution is 2.31. The third kappa shape index (κ3) is 1.92. The molecule has 0 N–H and O–H groups in total. The fourth-order valence-electron chi connectivity index (χ4n) is 3.01. The zero-order valence-corrected chi connectivity index (χ0v) is 11.9. The molecule has 0 radical (unpaired) electrons. The lowest BCUT2D eigenvalue weighted by molar-refractivity contribution is 0.727. The Bertz CT molecular complexity index is 924. The van der Waals surface area contributed by atoms with Crippen molar-refractivity contribution in [3.05, 3.63) is 84.7 Å². The van der Waals surface area contributed by atoms with Crippen LogP contribution in [-0.4, -0.2) is 4.57 Å². The number of hydrogen-bond acceptors (Lipinski definition) is 0. The van der Waals surface area contributed by atoms with Gasteiger partial charge in [0.2, 0.25) is 0 Å². The normalized spacial score (nSPS) is 11.7. The molecule has 22 heavy (non-hydrogen) atoms. The zero-order chi connectivity index (χ0) is 14.9. The number of rotatable bonds is 2.